The van der Waals surface area contributed by atoms with Gasteiger partial charge in [0.2, 0.25) is 0 Å². The summed E-state index contributed by atoms with van der Waals surface area (Å²) >= 11 is 0. The van der Waals surface area contributed by atoms with E-state index in [4.69, 9.17) is 16.3 Å². The van der Waals surface area contributed by atoms with Crippen LogP contribution in [0.3, 0.4) is 0 Å². The van der Waals surface area contributed by atoms with Crippen LogP contribution in [0.2, 0.25) is 0 Å². The molecule has 0 amide bonds. The standard InChI is InChI=1S/C38H48F2N8O/c1-4-28(2)47-27-43-48(29(47)3)34-8-6-32(7-9-34)44-19-21-45(22-20-44)33-10-12-35(13-11-33)49-25-30-15-16-38(24-30,26-46(42)18-17-41)36-14-5-31(39)23-37(36)40/h5-14,17-18,23,27-28,30H,3-4,15-16,19-22,24-26,41-42H2,1-2H3/b18-17-. The minimum Gasteiger partial charge on any atom is -0.493 e. The summed E-state index contributed by atoms with van der Waals surface area (Å²) in [5.74, 6) is 6.90. The van der Waals surface area contributed by atoms with Crippen molar-refractivity contribution in [1.29, 1.82) is 0 Å². The lowest BCUT2D eigenvalue weighted by Crippen LogP contribution is -2.46. The molecule has 260 valence electrons. The fourth-order valence-electron chi connectivity index (χ4n) is 7.41. The number of hydrazone groups is 1. The van der Waals surface area contributed by atoms with Crippen molar-refractivity contribution in [2.24, 2.45) is 22.6 Å². The Morgan fingerprint density at radius 2 is 1.63 bits per heavy atom. The minimum atomic E-state index is -0.592. The first-order chi connectivity index (χ1) is 23.7. The molecule has 3 aromatic rings. The molecule has 2 aliphatic heterocycles. The molecule has 2 fully saturated rings. The molecule has 1 saturated heterocycles. The second-order valence-corrected chi connectivity index (χ2v) is 13.4. The Kier molecular flexibility index (Phi) is 10.3. The Morgan fingerprint density at radius 1 is 1.00 bits per heavy atom. The van der Waals surface area contributed by atoms with E-state index in [1.807, 2.05) is 23.5 Å². The van der Waals surface area contributed by atoms with Crippen LogP contribution in [0.25, 0.3) is 0 Å². The molecule has 0 radical (unpaired) electrons. The molecule has 2 heterocycles. The average Bonchev–Trinajstić information content (AvgIpc) is 3.71. The lowest BCUT2D eigenvalue weighted by atomic mass is 9.77. The van der Waals surface area contributed by atoms with Crippen LogP contribution in [0.5, 0.6) is 5.75 Å². The molecule has 0 aromatic heterocycles. The highest BCUT2D eigenvalue weighted by Gasteiger charge is 2.43. The van der Waals surface area contributed by atoms with Crippen LogP contribution in [0.4, 0.5) is 25.8 Å². The van der Waals surface area contributed by atoms with Gasteiger partial charge in [0.25, 0.3) is 0 Å². The maximum absolute atomic E-state index is 15.0. The Morgan fingerprint density at radius 3 is 2.24 bits per heavy atom. The Balaban J connectivity index is 1.00. The zero-order valence-electron chi connectivity index (χ0n) is 28.5. The zero-order chi connectivity index (χ0) is 34.5. The topological polar surface area (TPSA) is 89.8 Å². The fourth-order valence-corrected chi connectivity index (χ4v) is 7.41. The van der Waals surface area contributed by atoms with E-state index >= 15 is 0 Å². The zero-order valence-corrected chi connectivity index (χ0v) is 28.5. The lowest BCUT2D eigenvalue weighted by molar-refractivity contribution is 0.226. The number of anilines is 3. The average molecular weight is 671 g/mol. The predicted octanol–water partition coefficient (Wildman–Crippen LogP) is 6.35. The van der Waals surface area contributed by atoms with E-state index in [0.29, 0.717) is 37.6 Å². The molecule has 11 heteroatoms. The Bertz CT molecular complexity index is 1640. The van der Waals surface area contributed by atoms with Gasteiger partial charge in [-0.2, -0.15) is 5.10 Å². The van der Waals surface area contributed by atoms with Crippen molar-refractivity contribution in [1.82, 2.24) is 9.91 Å². The van der Waals surface area contributed by atoms with Gasteiger partial charge in [-0.3, -0.25) is 0 Å². The normalized spacial score (nSPS) is 21.7. The van der Waals surface area contributed by atoms with Crippen molar-refractivity contribution in [3.63, 3.8) is 0 Å². The predicted molar refractivity (Wildman–Crippen MR) is 194 cm³/mol. The SMILES string of the molecule is C=C1N(c2ccc(N3CCN(c4ccc(OCC5CCC(CN(N)/C=C\N)(c6ccc(F)cc6F)C5)cc4)CC3)cc2)N=CN1C(C)CC. The van der Waals surface area contributed by atoms with Crippen LogP contribution in [0, 0.1) is 17.6 Å². The molecule has 0 spiro atoms. The number of hydrazine groups is 1. The molecular formula is C38H48F2N8O. The van der Waals surface area contributed by atoms with Gasteiger partial charge in [-0.15, -0.1) is 0 Å². The molecule has 3 atom stereocenters. The van der Waals surface area contributed by atoms with Gasteiger partial charge >= 0.3 is 0 Å². The summed E-state index contributed by atoms with van der Waals surface area (Å²) in [5, 5.41) is 7.94. The van der Waals surface area contributed by atoms with Crippen molar-refractivity contribution in [2.75, 3.05) is 54.1 Å². The van der Waals surface area contributed by atoms with Gasteiger partial charge in [-0.05, 0) is 98.7 Å². The summed E-state index contributed by atoms with van der Waals surface area (Å²) in [6, 6.07) is 21.0. The van der Waals surface area contributed by atoms with Crippen LogP contribution in [-0.4, -0.2) is 61.6 Å². The van der Waals surface area contributed by atoms with Crippen LogP contribution in [0.15, 0.2) is 96.6 Å². The third kappa shape index (κ3) is 7.46. The molecule has 49 heavy (non-hydrogen) atoms. The lowest BCUT2D eigenvalue weighted by Gasteiger charge is -2.37. The van der Waals surface area contributed by atoms with E-state index in [2.05, 4.69) is 76.6 Å². The van der Waals surface area contributed by atoms with E-state index in [0.717, 1.165) is 62.3 Å². The second kappa shape index (κ2) is 14.8. The maximum Gasteiger partial charge on any atom is 0.129 e. The number of nitrogens with zero attached hydrogens (tertiary/aromatic N) is 6. The van der Waals surface area contributed by atoms with Crippen LogP contribution in [-0.2, 0) is 5.41 Å². The number of hydrogen-bond donors (Lipinski definition) is 2. The summed E-state index contributed by atoms with van der Waals surface area (Å²) in [5.41, 5.74) is 8.83. The summed E-state index contributed by atoms with van der Waals surface area (Å²) < 4.78 is 35.0. The van der Waals surface area contributed by atoms with Gasteiger partial charge in [0.15, 0.2) is 0 Å². The number of nitrogens with two attached hydrogens (primary N) is 2. The first-order valence-electron chi connectivity index (χ1n) is 17.2. The number of benzene rings is 3. The van der Waals surface area contributed by atoms with E-state index in [-0.39, 0.29) is 5.92 Å². The number of rotatable bonds is 12. The Labute approximate surface area is 288 Å². The molecular weight excluding hydrogens is 622 g/mol. The minimum absolute atomic E-state index is 0.197. The van der Waals surface area contributed by atoms with Crippen LogP contribution < -0.4 is 31.1 Å². The maximum atomic E-state index is 15.0. The molecule has 3 aromatic carbocycles. The third-order valence-electron chi connectivity index (χ3n) is 10.3. The van der Waals surface area contributed by atoms with E-state index in [1.165, 1.54) is 28.7 Å². The van der Waals surface area contributed by atoms with E-state index < -0.39 is 17.0 Å². The number of piperazine rings is 1. The third-order valence-corrected chi connectivity index (χ3v) is 10.3. The van der Waals surface area contributed by atoms with Crippen molar-refractivity contribution in [3.8, 4) is 5.75 Å². The quantitative estimate of drug-likeness (QED) is 0.170. The monoisotopic (exact) mass is 670 g/mol. The largest absolute Gasteiger partial charge is 0.493 e. The van der Waals surface area contributed by atoms with Gasteiger partial charge in [0.1, 0.15) is 29.5 Å². The van der Waals surface area contributed by atoms with Crippen molar-refractivity contribution in [3.05, 3.63) is 109 Å². The molecule has 4 N–H and O–H groups in total. The molecule has 9 nitrogen and oxygen atoms in total. The van der Waals surface area contributed by atoms with Crippen LogP contribution >= 0.6 is 0 Å². The van der Waals surface area contributed by atoms with Crippen molar-refractivity contribution >= 4 is 23.4 Å². The van der Waals surface area contributed by atoms with E-state index in [9.17, 15) is 8.78 Å². The summed E-state index contributed by atoms with van der Waals surface area (Å²) in [7, 11) is 0. The van der Waals surface area contributed by atoms with Gasteiger partial charge in [-0.1, -0.05) is 19.6 Å². The number of ether oxygens (including phenoxy) is 1. The molecule has 1 saturated carbocycles. The summed E-state index contributed by atoms with van der Waals surface area (Å²) in [6.07, 6.45) is 8.04. The highest BCUT2D eigenvalue weighted by atomic mass is 19.1. The second-order valence-electron chi connectivity index (χ2n) is 13.4. The van der Waals surface area contributed by atoms with Crippen LogP contribution in [0.1, 0.15) is 45.1 Å². The van der Waals surface area contributed by atoms with E-state index in [1.54, 1.807) is 12.3 Å². The number of hydrogen-bond acceptors (Lipinski definition) is 9. The van der Waals surface area contributed by atoms with Gasteiger partial charge in [0.05, 0.1) is 12.3 Å². The molecule has 3 unspecified atom stereocenters. The first kappa shape index (κ1) is 34.1. The molecule has 0 bridgehead atoms. The van der Waals surface area contributed by atoms with Gasteiger partial charge in [-0.25, -0.2) is 19.6 Å². The molecule has 1 aliphatic carbocycles. The highest BCUT2D eigenvalue weighted by Crippen LogP contribution is 2.46. The molecule has 6 rings (SSSR count). The van der Waals surface area contributed by atoms with Crippen molar-refractivity contribution in [2.45, 2.75) is 51.0 Å². The summed E-state index contributed by atoms with van der Waals surface area (Å²) in [4.78, 5) is 6.93. The van der Waals surface area contributed by atoms with Gasteiger partial charge < -0.3 is 30.2 Å². The number of halogens is 2. The smallest absolute Gasteiger partial charge is 0.129 e. The van der Waals surface area contributed by atoms with Gasteiger partial charge in [0, 0.05) is 74.0 Å². The first-order valence-corrected chi connectivity index (χ1v) is 17.2. The fraction of sp³-hybridized carbons (Fsp3) is 0.395. The Hall–Kier alpha value is -4.77. The summed E-state index contributed by atoms with van der Waals surface area (Å²) in [6.45, 7) is 13.2. The molecule has 3 aliphatic rings. The highest BCUT2D eigenvalue weighted by molar-refractivity contribution is 5.70. The van der Waals surface area contributed by atoms with Crippen molar-refractivity contribution < 1.29 is 13.5 Å².